The summed E-state index contributed by atoms with van der Waals surface area (Å²) in [4.78, 5) is 71.4. The number of nitrogens with one attached hydrogen (secondary N) is 2. The third-order valence-electron chi connectivity index (χ3n) is 12.3. The lowest BCUT2D eigenvalue weighted by atomic mass is 9.77. The maximum Gasteiger partial charge on any atom is 0.416 e. The molecule has 0 spiro atoms. The maximum atomic E-state index is 15.0. The Bertz CT molecular complexity index is 2780. The lowest BCUT2D eigenvalue weighted by molar-refractivity contribution is -0.144. The number of para-hydroxylation sites is 1. The average molecular weight is 921 g/mol. The van der Waals surface area contributed by atoms with Crippen LogP contribution in [0.2, 0.25) is 0 Å². The van der Waals surface area contributed by atoms with E-state index in [4.69, 9.17) is 9.15 Å². The van der Waals surface area contributed by atoms with Crippen LogP contribution in [-0.2, 0) is 37.0 Å². The van der Waals surface area contributed by atoms with E-state index in [1.807, 2.05) is 20.8 Å². The van der Waals surface area contributed by atoms with Crippen molar-refractivity contribution < 1.29 is 49.9 Å². The molecule has 2 N–H and O–H groups in total. The van der Waals surface area contributed by atoms with Gasteiger partial charge in [0.25, 0.3) is 11.8 Å². The maximum absolute atomic E-state index is 15.0. The first kappa shape index (κ1) is 44.9. The molecule has 338 valence electrons. The molecule has 1 saturated heterocycles. The molecule has 14 nitrogen and oxygen atoms in total. The molecule has 3 aromatic heterocycles. The van der Waals surface area contributed by atoms with Gasteiger partial charge in [-0.3, -0.25) is 23.9 Å². The highest BCUT2D eigenvalue weighted by Crippen LogP contribution is 2.57. The number of thiazole rings is 1. The zero-order valence-corrected chi connectivity index (χ0v) is 37.2. The minimum atomic E-state index is -4.57. The number of ketones is 1. The lowest BCUT2D eigenvalue weighted by Gasteiger charge is -2.35. The van der Waals surface area contributed by atoms with Crippen molar-refractivity contribution >= 4 is 66.9 Å². The number of hydrogen-bond acceptors (Lipinski definition) is 12. The highest BCUT2D eigenvalue weighted by atomic mass is 32.2. The van der Waals surface area contributed by atoms with Crippen LogP contribution in [0.5, 0.6) is 5.88 Å². The fourth-order valence-electron chi connectivity index (χ4n) is 8.38. The van der Waals surface area contributed by atoms with Gasteiger partial charge in [-0.05, 0) is 61.8 Å². The Labute approximate surface area is 371 Å². The quantitative estimate of drug-likeness (QED) is 0.100. The van der Waals surface area contributed by atoms with E-state index in [2.05, 4.69) is 31.6 Å². The SMILES string of the molecule is C=C[C@@H]1C[C@]1(CC(=O)[C@@H]1C[C@@H](Oc2nc(-c3ccc(C(F)(F)F)cc3)nc3c2oc2ccccc23)CN1C(=O)[C@@H](Cc1nc(C(=O)NCC)cs1)C(C)(C)C)C(=O)NS(=O)(=O)C1CC1. The van der Waals surface area contributed by atoms with Crippen molar-refractivity contribution in [3.63, 3.8) is 0 Å². The summed E-state index contributed by atoms with van der Waals surface area (Å²) in [5, 5.41) is 4.80. The number of likely N-dealkylation sites (tertiary alicyclic amines) is 1. The minimum absolute atomic E-state index is 0.0443. The van der Waals surface area contributed by atoms with E-state index in [0.717, 1.165) is 12.1 Å². The number of sulfonamides is 1. The van der Waals surface area contributed by atoms with E-state index in [1.54, 1.807) is 36.6 Å². The molecule has 4 heterocycles. The van der Waals surface area contributed by atoms with Gasteiger partial charge in [0.1, 0.15) is 22.9 Å². The summed E-state index contributed by atoms with van der Waals surface area (Å²) < 4.78 is 81.2. The lowest BCUT2D eigenvalue weighted by Crippen LogP contribution is -2.48. The van der Waals surface area contributed by atoms with Crippen LogP contribution in [0.3, 0.4) is 0 Å². The van der Waals surface area contributed by atoms with Gasteiger partial charge < -0.3 is 19.4 Å². The molecule has 8 rings (SSSR count). The first-order valence-corrected chi connectivity index (χ1v) is 23.4. The zero-order valence-electron chi connectivity index (χ0n) is 35.5. The van der Waals surface area contributed by atoms with Crippen molar-refractivity contribution in [2.75, 3.05) is 13.1 Å². The van der Waals surface area contributed by atoms with Gasteiger partial charge in [-0.25, -0.2) is 18.4 Å². The topological polar surface area (TPSA) is 191 Å². The summed E-state index contributed by atoms with van der Waals surface area (Å²) in [6.45, 7) is 11.5. The van der Waals surface area contributed by atoms with E-state index in [1.165, 1.54) is 34.4 Å². The smallest absolute Gasteiger partial charge is 0.416 e. The predicted octanol–water partition coefficient (Wildman–Crippen LogP) is 7.28. The molecule has 2 aromatic carbocycles. The number of carbonyl (C=O) groups is 4. The van der Waals surface area contributed by atoms with Gasteiger partial charge >= 0.3 is 6.18 Å². The van der Waals surface area contributed by atoms with Crippen LogP contribution < -0.4 is 14.8 Å². The number of hydrogen-bond donors (Lipinski definition) is 2. The molecule has 1 aliphatic heterocycles. The Kier molecular flexibility index (Phi) is 11.7. The van der Waals surface area contributed by atoms with Crippen molar-refractivity contribution in [3.8, 4) is 17.3 Å². The Morgan fingerprint density at radius 1 is 1.06 bits per heavy atom. The Balaban J connectivity index is 1.15. The number of rotatable bonds is 15. The number of alkyl halides is 3. The van der Waals surface area contributed by atoms with E-state index < -0.39 is 79.4 Å². The first-order valence-electron chi connectivity index (χ1n) is 21.0. The van der Waals surface area contributed by atoms with Crippen molar-refractivity contribution in [1.82, 2.24) is 29.9 Å². The van der Waals surface area contributed by atoms with E-state index >= 15 is 4.79 Å². The number of nitrogens with zero attached hydrogens (tertiary/aromatic N) is 4. The van der Waals surface area contributed by atoms with E-state index in [9.17, 15) is 36.0 Å². The van der Waals surface area contributed by atoms with Crippen molar-refractivity contribution in [3.05, 3.63) is 82.8 Å². The van der Waals surface area contributed by atoms with Gasteiger partial charge in [-0.2, -0.15) is 18.2 Å². The van der Waals surface area contributed by atoms with Gasteiger partial charge in [0, 0.05) is 48.1 Å². The van der Waals surface area contributed by atoms with E-state index in [-0.39, 0.29) is 66.7 Å². The molecule has 0 unspecified atom stereocenters. The molecule has 3 fully saturated rings. The normalized spacial score (nSPS) is 21.7. The summed E-state index contributed by atoms with van der Waals surface area (Å²) in [7, 11) is -3.94. The Hall–Kier alpha value is -5.69. The molecule has 19 heteroatoms. The number of Topliss-reactive ketones (excluding diaryl/α,β-unsaturated/α-hetero) is 1. The van der Waals surface area contributed by atoms with Crippen LogP contribution in [0.1, 0.15) is 80.9 Å². The molecule has 3 amide bonds. The summed E-state index contributed by atoms with van der Waals surface area (Å²) in [5.41, 5.74) is -1.54. The second kappa shape index (κ2) is 16.7. The molecule has 3 aliphatic rings. The van der Waals surface area contributed by atoms with Crippen molar-refractivity contribution in [1.29, 1.82) is 0 Å². The molecule has 0 radical (unpaired) electrons. The van der Waals surface area contributed by atoms with Crippen LogP contribution in [-0.4, -0.2) is 82.3 Å². The molecule has 64 heavy (non-hydrogen) atoms. The Morgan fingerprint density at radius 3 is 2.42 bits per heavy atom. The van der Waals surface area contributed by atoms with Crippen molar-refractivity contribution in [2.45, 2.75) is 89.8 Å². The number of ether oxygens (including phenoxy) is 1. The largest absolute Gasteiger partial charge is 0.470 e. The number of benzene rings is 2. The van der Waals surface area contributed by atoms with Crippen LogP contribution in [0.15, 0.2) is 71.0 Å². The molecule has 2 saturated carbocycles. The summed E-state index contributed by atoms with van der Waals surface area (Å²) in [6, 6.07) is 10.2. The number of aromatic nitrogens is 3. The number of fused-ring (bicyclic) bond motifs is 3. The molecule has 0 bridgehead atoms. The van der Waals surface area contributed by atoms with Gasteiger partial charge in [0.05, 0.1) is 33.8 Å². The van der Waals surface area contributed by atoms with Crippen LogP contribution in [0, 0.1) is 22.7 Å². The monoisotopic (exact) mass is 920 g/mol. The third-order valence-corrected chi connectivity index (χ3v) is 14.9. The predicted molar refractivity (Wildman–Crippen MR) is 231 cm³/mol. The number of halogens is 3. The molecular weight excluding hydrogens is 874 g/mol. The zero-order chi connectivity index (χ0) is 45.9. The van der Waals surface area contributed by atoms with Crippen LogP contribution in [0.4, 0.5) is 13.2 Å². The third kappa shape index (κ3) is 8.88. The molecule has 5 atom stereocenters. The van der Waals surface area contributed by atoms with Gasteiger partial charge in [0.15, 0.2) is 11.6 Å². The fourth-order valence-corrected chi connectivity index (χ4v) is 10.6. The molecular formula is C45H47F3N6O8S2. The van der Waals surface area contributed by atoms with Gasteiger partial charge in [-0.1, -0.05) is 51.1 Å². The second-order valence-corrected chi connectivity index (χ2v) is 20.7. The second-order valence-electron chi connectivity index (χ2n) is 17.8. The fraction of sp³-hybridized carbons (Fsp3) is 0.444. The van der Waals surface area contributed by atoms with Gasteiger partial charge in [0.2, 0.25) is 27.4 Å². The summed E-state index contributed by atoms with van der Waals surface area (Å²) in [6.07, 6.45) is -3.18. The van der Waals surface area contributed by atoms with Crippen molar-refractivity contribution in [2.24, 2.45) is 22.7 Å². The van der Waals surface area contributed by atoms with Crippen LogP contribution in [0.25, 0.3) is 33.5 Å². The van der Waals surface area contributed by atoms with Gasteiger partial charge in [-0.15, -0.1) is 17.9 Å². The highest BCUT2D eigenvalue weighted by molar-refractivity contribution is 7.90. The number of amides is 3. The highest BCUT2D eigenvalue weighted by Gasteiger charge is 2.61. The first-order chi connectivity index (χ1) is 30.2. The van der Waals surface area contributed by atoms with Crippen LogP contribution >= 0.6 is 11.3 Å². The summed E-state index contributed by atoms with van der Waals surface area (Å²) >= 11 is 1.24. The number of furan rings is 1. The minimum Gasteiger partial charge on any atom is -0.470 e. The Morgan fingerprint density at radius 2 is 1.78 bits per heavy atom. The standard InChI is InChI=1S/C45H47F3N6O8S2/c1-6-25-20-44(25,42(58)53-64(59,60)28-16-17-28)21-33(55)32-18-27(22-54(32)41(57)30(43(3,4)5)19-35-50-31(23-63-35)39(56)49-7-2)61-40-37-36(29-10-8-9-11-34(29)62-37)51-38(52-40)24-12-14-26(15-13-24)45(46,47)48/h6,8-15,23,25,27-28,30,32H,1,7,16-22H2,2-5H3,(H,49,56)(H,53,58)/t25-,27-,30-,32+,44-/m1/s1. The number of carbonyl (C=O) groups excluding carboxylic acids is 4. The average Bonchev–Trinajstić information content (AvgIpc) is 4.07. The molecule has 2 aliphatic carbocycles. The molecule has 5 aromatic rings. The summed E-state index contributed by atoms with van der Waals surface area (Å²) in [5.74, 6) is -3.29. The van der Waals surface area contributed by atoms with E-state index in [0.29, 0.717) is 40.9 Å². The number of allylic oxidation sites excluding steroid dienone is 1.